The maximum absolute atomic E-state index is 11.6. The number of alkyl carbamates (subject to hydrolysis) is 1. The fourth-order valence-corrected chi connectivity index (χ4v) is 2.69. The number of guanidine groups is 1. The number of nitrogens with one attached hydrogen (secondary N) is 1. The molecule has 0 bridgehead atoms. The number of ether oxygens (including phenoxy) is 1. The Bertz CT molecular complexity index is 356. The van der Waals surface area contributed by atoms with E-state index < -0.39 is 0 Å². The van der Waals surface area contributed by atoms with Crippen molar-refractivity contribution in [1.29, 1.82) is 0 Å². The molecule has 0 aromatic carbocycles. The first-order valence-electron chi connectivity index (χ1n) is 8.51. The first kappa shape index (κ1) is 22.3. The highest BCUT2D eigenvalue weighted by atomic mass is 127. The number of nitrogens with two attached hydrogens (primary N) is 1. The van der Waals surface area contributed by atoms with Gasteiger partial charge in [-0.2, -0.15) is 0 Å². The number of likely N-dealkylation sites (tertiary alicyclic amines) is 1. The maximum atomic E-state index is 11.6. The van der Waals surface area contributed by atoms with Gasteiger partial charge in [-0.05, 0) is 32.1 Å². The van der Waals surface area contributed by atoms with E-state index in [1.807, 2.05) is 0 Å². The van der Waals surface area contributed by atoms with Gasteiger partial charge in [0.2, 0.25) is 0 Å². The van der Waals surface area contributed by atoms with Gasteiger partial charge in [0.15, 0.2) is 5.96 Å². The number of rotatable bonds is 6. The summed E-state index contributed by atoms with van der Waals surface area (Å²) in [7, 11) is 0. The number of carbonyl (C=O) groups is 1. The molecule has 0 saturated carbocycles. The fraction of sp³-hybridized carbons (Fsp3) is 0.875. The highest BCUT2D eigenvalue weighted by Crippen LogP contribution is 2.10. The lowest BCUT2D eigenvalue weighted by Crippen LogP contribution is -2.41. The van der Waals surface area contributed by atoms with Crippen LogP contribution in [0.15, 0.2) is 4.99 Å². The van der Waals surface area contributed by atoms with Gasteiger partial charge in [-0.25, -0.2) is 4.79 Å². The van der Waals surface area contributed by atoms with E-state index >= 15 is 0 Å². The Morgan fingerprint density at radius 2 is 1.87 bits per heavy atom. The standard InChI is InChI=1S/C16H32N4O2.HI/c1-4-22-16(21)19-14(11-13(2)3)12-18-15(17)20-9-7-5-6-8-10-20;/h13-14H,4-12H2,1-3H3,(H2,17,18)(H,19,21);1H. The molecule has 0 radical (unpaired) electrons. The molecule has 1 aliphatic rings. The van der Waals surface area contributed by atoms with Crippen molar-refractivity contribution in [1.82, 2.24) is 10.2 Å². The monoisotopic (exact) mass is 440 g/mol. The van der Waals surface area contributed by atoms with E-state index in [1.54, 1.807) is 6.92 Å². The second-order valence-electron chi connectivity index (χ2n) is 6.29. The summed E-state index contributed by atoms with van der Waals surface area (Å²) in [6.45, 7) is 8.89. The Balaban J connectivity index is 0.00000484. The number of hydrogen-bond donors (Lipinski definition) is 2. The van der Waals surface area contributed by atoms with Gasteiger partial charge in [-0.1, -0.05) is 26.7 Å². The normalized spacial score (nSPS) is 17.2. The van der Waals surface area contributed by atoms with Crippen LogP contribution in [0.25, 0.3) is 0 Å². The van der Waals surface area contributed by atoms with Gasteiger partial charge in [-0.3, -0.25) is 4.99 Å². The predicted molar refractivity (Wildman–Crippen MR) is 105 cm³/mol. The summed E-state index contributed by atoms with van der Waals surface area (Å²) < 4.78 is 4.95. The molecule has 136 valence electrons. The average molecular weight is 440 g/mol. The maximum Gasteiger partial charge on any atom is 0.407 e. The molecule has 1 aliphatic heterocycles. The van der Waals surface area contributed by atoms with E-state index in [0.717, 1.165) is 19.5 Å². The van der Waals surface area contributed by atoms with Gasteiger partial charge in [-0.15, -0.1) is 24.0 Å². The van der Waals surface area contributed by atoms with Gasteiger partial charge in [0.25, 0.3) is 0 Å². The van der Waals surface area contributed by atoms with E-state index in [4.69, 9.17) is 10.5 Å². The van der Waals surface area contributed by atoms with Crippen LogP contribution >= 0.6 is 24.0 Å². The van der Waals surface area contributed by atoms with Crippen LogP contribution in [0.4, 0.5) is 4.79 Å². The third-order valence-electron chi connectivity index (χ3n) is 3.76. The van der Waals surface area contributed by atoms with Crippen LogP contribution in [0, 0.1) is 5.92 Å². The molecule has 1 heterocycles. The molecule has 1 atom stereocenters. The predicted octanol–water partition coefficient (Wildman–Crippen LogP) is 2.96. The summed E-state index contributed by atoms with van der Waals surface area (Å²) in [4.78, 5) is 18.3. The van der Waals surface area contributed by atoms with Gasteiger partial charge in [0.05, 0.1) is 19.2 Å². The largest absolute Gasteiger partial charge is 0.450 e. The molecule has 1 rings (SSSR count). The van der Waals surface area contributed by atoms with Crippen molar-refractivity contribution in [2.24, 2.45) is 16.6 Å². The zero-order chi connectivity index (χ0) is 16.4. The second kappa shape index (κ2) is 12.7. The van der Waals surface area contributed by atoms with Gasteiger partial charge in [0.1, 0.15) is 0 Å². The molecule has 1 saturated heterocycles. The third-order valence-corrected chi connectivity index (χ3v) is 3.76. The van der Waals surface area contributed by atoms with Gasteiger partial charge in [0, 0.05) is 13.1 Å². The van der Waals surface area contributed by atoms with E-state index in [0.29, 0.717) is 25.0 Å². The van der Waals surface area contributed by atoms with Crippen LogP contribution < -0.4 is 11.1 Å². The average Bonchev–Trinajstić information content (AvgIpc) is 2.73. The SMILES string of the molecule is CCOC(=O)NC(CN=C(N)N1CCCCCC1)CC(C)C.I. The number of nitrogens with zero attached hydrogens (tertiary/aromatic N) is 2. The summed E-state index contributed by atoms with van der Waals surface area (Å²) in [6.07, 6.45) is 5.36. The topological polar surface area (TPSA) is 79.9 Å². The first-order chi connectivity index (χ1) is 10.5. The first-order valence-corrected chi connectivity index (χ1v) is 8.51. The minimum atomic E-state index is -0.378. The lowest BCUT2D eigenvalue weighted by atomic mass is 10.0. The van der Waals surface area contributed by atoms with Crippen molar-refractivity contribution in [2.75, 3.05) is 26.2 Å². The molecule has 23 heavy (non-hydrogen) atoms. The third kappa shape index (κ3) is 9.88. The summed E-state index contributed by atoms with van der Waals surface area (Å²) >= 11 is 0. The highest BCUT2D eigenvalue weighted by Gasteiger charge is 2.16. The Hall–Kier alpha value is -0.730. The van der Waals surface area contributed by atoms with Crippen molar-refractivity contribution < 1.29 is 9.53 Å². The van der Waals surface area contributed by atoms with Crippen LogP contribution in [-0.4, -0.2) is 49.2 Å². The number of halogens is 1. The van der Waals surface area contributed by atoms with Gasteiger partial charge >= 0.3 is 6.09 Å². The Labute approximate surface area is 157 Å². The smallest absolute Gasteiger partial charge is 0.407 e. The van der Waals surface area contributed by atoms with Crippen molar-refractivity contribution in [3.63, 3.8) is 0 Å². The van der Waals surface area contributed by atoms with Crippen LogP contribution in [0.5, 0.6) is 0 Å². The summed E-state index contributed by atoms with van der Waals surface area (Å²) in [6, 6.07) is -0.0374. The zero-order valence-corrected chi connectivity index (χ0v) is 17.0. The van der Waals surface area contributed by atoms with Gasteiger partial charge < -0.3 is 20.7 Å². The van der Waals surface area contributed by atoms with E-state index in [2.05, 4.69) is 29.1 Å². The molecule has 1 fully saturated rings. The summed E-state index contributed by atoms with van der Waals surface area (Å²) in [5, 5.41) is 2.88. The minimum absolute atomic E-state index is 0. The molecule has 7 heteroatoms. The van der Waals surface area contributed by atoms with Crippen LogP contribution in [0.3, 0.4) is 0 Å². The number of amides is 1. The fourth-order valence-electron chi connectivity index (χ4n) is 2.69. The van der Waals surface area contributed by atoms with Crippen LogP contribution in [0.2, 0.25) is 0 Å². The van der Waals surface area contributed by atoms with Crippen LogP contribution in [0.1, 0.15) is 52.9 Å². The van der Waals surface area contributed by atoms with E-state index in [9.17, 15) is 4.79 Å². The molecule has 0 aromatic rings. The number of aliphatic imine (C=N–C) groups is 1. The second-order valence-corrected chi connectivity index (χ2v) is 6.29. The van der Waals surface area contributed by atoms with E-state index in [-0.39, 0.29) is 36.1 Å². The Morgan fingerprint density at radius 1 is 1.26 bits per heavy atom. The lowest BCUT2D eigenvalue weighted by Gasteiger charge is -2.23. The number of carbonyl (C=O) groups excluding carboxylic acids is 1. The van der Waals surface area contributed by atoms with E-state index in [1.165, 1.54) is 25.7 Å². The summed E-state index contributed by atoms with van der Waals surface area (Å²) in [5.41, 5.74) is 6.12. The lowest BCUT2D eigenvalue weighted by molar-refractivity contribution is 0.147. The molecule has 1 unspecified atom stereocenters. The molecule has 0 aromatic heterocycles. The molecule has 0 spiro atoms. The molecular weight excluding hydrogens is 407 g/mol. The highest BCUT2D eigenvalue weighted by molar-refractivity contribution is 14.0. The van der Waals surface area contributed by atoms with Crippen molar-refractivity contribution in [2.45, 2.75) is 58.9 Å². The quantitative estimate of drug-likeness (QED) is 0.378. The molecular formula is C16H33IN4O2. The molecule has 3 N–H and O–H groups in total. The van der Waals surface area contributed by atoms with Crippen molar-refractivity contribution >= 4 is 36.0 Å². The van der Waals surface area contributed by atoms with Crippen molar-refractivity contribution in [3.05, 3.63) is 0 Å². The molecule has 1 amide bonds. The Kier molecular flexibility index (Phi) is 12.3. The van der Waals surface area contributed by atoms with Crippen LogP contribution in [-0.2, 0) is 4.74 Å². The zero-order valence-electron chi connectivity index (χ0n) is 14.7. The number of hydrogen-bond acceptors (Lipinski definition) is 3. The minimum Gasteiger partial charge on any atom is -0.450 e. The Morgan fingerprint density at radius 3 is 2.39 bits per heavy atom. The van der Waals surface area contributed by atoms with Crippen molar-refractivity contribution in [3.8, 4) is 0 Å². The molecule has 0 aliphatic carbocycles. The molecule has 6 nitrogen and oxygen atoms in total. The summed E-state index contributed by atoms with van der Waals surface area (Å²) in [5.74, 6) is 1.07.